The summed E-state index contributed by atoms with van der Waals surface area (Å²) in [5, 5.41) is 22.1. The van der Waals surface area contributed by atoms with Gasteiger partial charge in [0.1, 0.15) is 24.5 Å². The molecule has 0 unspecified atom stereocenters. The van der Waals surface area contributed by atoms with Gasteiger partial charge in [-0.2, -0.15) is 0 Å². The van der Waals surface area contributed by atoms with E-state index in [1.807, 2.05) is 30.3 Å². The third-order valence-electron chi connectivity index (χ3n) is 5.46. The SMILES string of the molecule is CC(=O)OC[C@H]1O[C@H](C/C=N/O[C@H](C)c2cn([C@H](CO)Cc3ccccc3)nn2)C=C[C@@H]1OC(C)=O. The lowest BCUT2D eigenvalue weighted by molar-refractivity contribution is -0.163. The number of aliphatic hydroxyl groups is 1. The van der Waals surface area contributed by atoms with Crippen LogP contribution < -0.4 is 0 Å². The first-order valence-electron chi connectivity index (χ1n) is 11.7. The van der Waals surface area contributed by atoms with E-state index < -0.39 is 30.3 Å². The molecule has 1 aliphatic rings. The van der Waals surface area contributed by atoms with Gasteiger partial charge in [-0.05, 0) is 25.0 Å². The average Bonchev–Trinajstić information content (AvgIpc) is 3.35. The smallest absolute Gasteiger partial charge is 0.303 e. The molecule has 0 saturated carbocycles. The second-order valence-electron chi connectivity index (χ2n) is 8.40. The van der Waals surface area contributed by atoms with Gasteiger partial charge in [-0.1, -0.05) is 46.8 Å². The molecule has 2 heterocycles. The number of rotatable bonds is 12. The molecule has 0 amide bonds. The summed E-state index contributed by atoms with van der Waals surface area (Å²) in [5.74, 6) is -0.900. The van der Waals surface area contributed by atoms with Crippen LogP contribution in [-0.2, 0) is 35.1 Å². The molecule has 194 valence electrons. The number of aromatic nitrogens is 3. The zero-order valence-electron chi connectivity index (χ0n) is 20.6. The molecule has 3 rings (SSSR count). The van der Waals surface area contributed by atoms with Crippen molar-refractivity contribution in [3.05, 3.63) is 59.9 Å². The van der Waals surface area contributed by atoms with Gasteiger partial charge in [0.25, 0.3) is 0 Å². The molecule has 36 heavy (non-hydrogen) atoms. The molecule has 2 aromatic rings. The van der Waals surface area contributed by atoms with Gasteiger partial charge < -0.3 is 24.2 Å². The van der Waals surface area contributed by atoms with Crippen molar-refractivity contribution in [2.75, 3.05) is 13.2 Å². The molecule has 0 spiro atoms. The number of hydrogen-bond donors (Lipinski definition) is 1. The molecule has 1 aromatic carbocycles. The molecule has 11 nitrogen and oxygen atoms in total. The van der Waals surface area contributed by atoms with Crippen molar-refractivity contribution in [2.45, 2.75) is 64.1 Å². The Morgan fingerprint density at radius 1 is 1.22 bits per heavy atom. The lowest BCUT2D eigenvalue weighted by Gasteiger charge is -2.31. The van der Waals surface area contributed by atoms with Crippen molar-refractivity contribution in [3.63, 3.8) is 0 Å². The monoisotopic (exact) mass is 500 g/mol. The molecule has 1 N–H and O–H groups in total. The highest BCUT2D eigenvalue weighted by Gasteiger charge is 2.30. The van der Waals surface area contributed by atoms with Crippen LogP contribution in [0, 0.1) is 0 Å². The van der Waals surface area contributed by atoms with Gasteiger partial charge in [0.15, 0.2) is 6.10 Å². The quantitative estimate of drug-likeness (QED) is 0.202. The third-order valence-corrected chi connectivity index (χ3v) is 5.46. The fraction of sp³-hybridized carbons (Fsp3) is 0.480. The average molecular weight is 501 g/mol. The van der Waals surface area contributed by atoms with Gasteiger partial charge in [0.2, 0.25) is 0 Å². The molecule has 0 bridgehead atoms. The molecule has 11 heteroatoms. The predicted molar refractivity (Wildman–Crippen MR) is 129 cm³/mol. The molecule has 1 aliphatic heterocycles. The maximum atomic E-state index is 11.3. The zero-order chi connectivity index (χ0) is 25.9. The van der Waals surface area contributed by atoms with Crippen LogP contribution in [0.4, 0.5) is 0 Å². The Balaban J connectivity index is 1.51. The summed E-state index contributed by atoms with van der Waals surface area (Å²) in [6.07, 6.45) is 5.73. The summed E-state index contributed by atoms with van der Waals surface area (Å²) in [7, 11) is 0. The number of benzene rings is 1. The van der Waals surface area contributed by atoms with E-state index in [0.29, 0.717) is 18.5 Å². The van der Waals surface area contributed by atoms with E-state index in [4.69, 9.17) is 19.0 Å². The largest absolute Gasteiger partial charge is 0.463 e. The van der Waals surface area contributed by atoms with Crippen LogP contribution >= 0.6 is 0 Å². The standard InChI is InChI=1S/C25H32N4O7/c1-17(23-14-29(28-27-23)21(15-30)13-20-7-5-4-6-8-20)36-26-12-11-22-9-10-24(34-19(3)32)25(35-22)16-33-18(2)31/h4-10,12,14,17,21-22,24-25,30H,11,13,15-16H2,1-3H3/b26-12+/t17-,21+,22+,24+,25-/m1/s1. The van der Waals surface area contributed by atoms with Crippen molar-refractivity contribution in [1.82, 2.24) is 15.0 Å². The Labute approximate surface area is 209 Å². The van der Waals surface area contributed by atoms with Gasteiger partial charge in [0, 0.05) is 26.5 Å². The molecule has 0 radical (unpaired) electrons. The minimum atomic E-state index is -0.640. The first-order valence-corrected chi connectivity index (χ1v) is 11.7. The van der Waals surface area contributed by atoms with E-state index >= 15 is 0 Å². The molecule has 0 aliphatic carbocycles. The second-order valence-corrected chi connectivity index (χ2v) is 8.40. The van der Waals surface area contributed by atoms with Gasteiger partial charge in [-0.3, -0.25) is 9.59 Å². The van der Waals surface area contributed by atoms with Crippen molar-refractivity contribution in [2.24, 2.45) is 5.16 Å². The maximum absolute atomic E-state index is 11.3. The number of carbonyl (C=O) groups excluding carboxylic acids is 2. The lowest BCUT2D eigenvalue weighted by atomic mass is 10.1. The minimum Gasteiger partial charge on any atom is -0.463 e. The summed E-state index contributed by atoms with van der Waals surface area (Å²) in [6.45, 7) is 4.30. The fourth-order valence-corrected chi connectivity index (χ4v) is 3.60. The number of hydrogen-bond acceptors (Lipinski definition) is 10. The summed E-state index contributed by atoms with van der Waals surface area (Å²) in [6, 6.07) is 9.62. The van der Waals surface area contributed by atoms with Gasteiger partial charge in [-0.15, -0.1) is 5.10 Å². The van der Waals surface area contributed by atoms with Crippen LogP contribution in [0.3, 0.4) is 0 Å². The van der Waals surface area contributed by atoms with Crippen LogP contribution in [0.25, 0.3) is 0 Å². The molecular weight excluding hydrogens is 468 g/mol. The van der Waals surface area contributed by atoms with Gasteiger partial charge in [-0.25, -0.2) is 4.68 Å². The third kappa shape index (κ3) is 8.28. The van der Waals surface area contributed by atoms with E-state index in [1.165, 1.54) is 13.8 Å². The molecule has 1 aromatic heterocycles. The van der Waals surface area contributed by atoms with Crippen molar-refractivity contribution in [1.29, 1.82) is 0 Å². The van der Waals surface area contributed by atoms with Crippen LogP contribution in [0.15, 0.2) is 53.8 Å². The maximum Gasteiger partial charge on any atom is 0.303 e. The topological polar surface area (TPSA) is 134 Å². The number of nitrogens with zero attached hydrogens (tertiary/aromatic N) is 4. The van der Waals surface area contributed by atoms with Crippen molar-refractivity contribution < 1.29 is 33.7 Å². The molecule has 5 atom stereocenters. The number of oxime groups is 1. The van der Waals surface area contributed by atoms with E-state index in [1.54, 1.807) is 36.2 Å². The van der Waals surface area contributed by atoms with Crippen molar-refractivity contribution in [3.8, 4) is 0 Å². The molecule has 0 fully saturated rings. The van der Waals surface area contributed by atoms with Crippen molar-refractivity contribution >= 4 is 18.2 Å². The van der Waals surface area contributed by atoms with E-state index in [9.17, 15) is 14.7 Å². The van der Waals surface area contributed by atoms with Crippen LogP contribution in [0.5, 0.6) is 0 Å². The zero-order valence-corrected chi connectivity index (χ0v) is 20.6. The molecule has 0 saturated heterocycles. The number of aliphatic hydroxyl groups excluding tert-OH is 1. The van der Waals surface area contributed by atoms with Crippen LogP contribution in [-0.4, -0.2) is 69.8 Å². The number of ether oxygens (including phenoxy) is 3. The Bertz CT molecular complexity index is 1040. The Hall–Kier alpha value is -3.57. The van der Waals surface area contributed by atoms with E-state index in [2.05, 4.69) is 15.5 Å². The van der Waals surface area contributed by atoms with E-state index in [-0.39, 0.29) is 25.4 Å². The Morgan fingerprint density at radius 3 is 2.69 bits per heavy atom. The number of carbonyl (C=O) groups is 2. The minimum absolute atomic E-state index is 0.0342. The predicted octanol–water partition coefficient (Wildman–Crippen LogP) is 2.33. The van der Waals surface area contributed by atoms with Gasteiger partial charge >= 0.3 is 11.9 Å². The normalized spacial score (nSPS) is 21.2. The highest BCUT2D eigenvalue weighted by Crippen LogP contribution is 2.20. The Kier molecular flexibility index (Phi) is 10.1. The number of esters is 2. The first kappa shape index (κ1) is 27.0. The van der Waals surface area contributed by atoms with Crippen LogP contribution in [0.2, 0.25) is 0 Å². The summed E-state index contributed by atoms with van der Waals surface area (Å²) in [4.78, 5) is 28.0. The highest BCUT2D eigenvalue weighted by atomic mass is 16.6. The Morgan fingerprint density at radius 2 is 2.00 bits per heavy atom. The fourth-order valence-electron chi connectivity index (χ4n) is 3.60. The lowest BCUT2D eigenvalue weighted by Crippen LogP contribution is -2.41. The first-order chi connectivity index (χ1) is 17.4. The summed E-state index contributed by atoms with van der Waals surface area (Å²) >= 11 is 0. The van der Waals surface area contributed by atoms with Gasteiger partial charge in [0.05, 0.1) is 24.9 Å². The highest BCUT2D eigenvalue weighted by molar-refractivity contribution is 5.67. The van der Waals surface area contributed by atoms with Crippen LogP contribution in [0.1, 0.15) is 50.6 Å². The summed E-state index contributed by atoms with van der Waals surface area (Å²) < 4.78 is 17.8. The summed E-state index contributed by atoms with van der Waals surface area (Å²) in [5.41, 5.74) is 1.67. The second kappa shape index (κ2) is 13.5. The molecular formula is C25H32N4O7. The van der Waals surface area contributed by atoms with E-state index in [0.717, 1.165) is 5.56 Å².